The van der Waals surface area contributed by atoms with Crippen LogP contribution in [0.5, 0.6) is 5.75 Å². The van der Waals surface area contributed by atoms with Gasteiger partial charge in [-0.3, -0.25) is 4.90 Å². The molecule has 1 aliphatic rings. The Morgan fingerprint density at radius 2 is 1.78 bits per heavy atom. The second-order valence-electron chi connectivity index (χ2n) is 5.52. The molecule has 0 unspecified atom stereocenters. The van der Waals surface area contributed by atoms with E-state index >= 15 is 0 Å². The summed E-state index contributed by atoms with van der Waals surface area (Å²) in [6, 6.07) is 8.19. The van der Waals surface area contributed by atoms with Crippen LogP contribution in [0.25, 0.3) is 0 Å². The molecule has 1 aromatic carbocycles. The number of hydrogen-bond donors (Lipinski definition) is 2. The molecule has 1 atom stereocenters. The molecular formula is C15H24N2O. The Kier molecular flexibility index (Phi) is 4.61. The van der Waals surface area contributed by atoms with Crippen molar-refractivity contribution in [1.82, 2.24) is 10.2 Å². The summed E-state index contributed by atoms with van der Waals surface area (Å²) in [4.78, 5) is 2.56. The van der Waals surface area contributed by atoms with Gasteiger partial charge in [-0.2, -0.15) is 0 Å². The van der Waals surface area contributed by atoms with Gasteiger partial charge >= 0.3 is 0 Å². The van der Waals surface area contributed by atoms with Crippen LogP contribution in [0.3, 0.4) is 0 Å². The molecule has 0 bridgehead atoms. The summed E-state index contributed by atoms with van der Waals surface area (Å²) in [5, 5.41) is 12.8. The first-order chi connectivity index (χ1) is 8.66. The Balaban J connectivity index is 2.15. The Bertz CT molecular complexity index is 355. The number of nitrogens with zero attached hydrogens (tertiary/aromatic N) is 1. The fourth-order valence-corrected chi connectivity index (χ4v) is 2.63. The van der Waals surface area contributed by atoms with Gasteiger partial charge < -0.3 is 10.4 Å². The number of nitrogens with one attached hydrogen (secondary N) is 1. The molecule has 0 radical (unpaired) electrons. The smallest absolute Gasteiger partial charge is 0.115 e. The quantitative estimate of drug-likeness (QED) is 0.859. The van der Waals surface area contributed by atoms with Gasteiger partial charge in [-0.15, -0.1) is 0 Å². The highest BCUT2D eigenvalue weighted by atomic mass is 16.3. The monoisotopic (exact) mass is 248 g/mol. The van der Waals surface area contributed by atoms with Crippen molar-refractivity contribution in [1.29, 1.82) is 0 Å². The van der Waals surface area contributed by atoms with Gasteiger partial charge in [0.15, 0.2) is 0 Å². The van der Waals surface area contributed by atoms with Crippen LogP contribution in [0, 0.1) is 5.92 Å². The maximum atomic E-state index is 9.41. The topological polar surface area (TPSA) is 35.5 Å². The van der Waals surface area contributed by atoms with E-state index in [9.17, 15) is 5.11 Å². The lowest BCUT2D eigenvalue weighted by atomic mass is 9.95. The number of benzene rings is 1. The van der Waals surface area contributed by atoms with E-state index in [0.717, 1.165) is 26.2 Å². The van der Waals surface area contributed by atoms with Crippen molar-refractivity contribution in [3.05, 3.63) is 29.8 Å². The van der Waals surface area contributed by atoms with Crippen LogP contribution in [0.2, 0.25) is 0 Å². The van der Waals surface area contributed by atoms with E-state index in [4.69, 9.17) is 0 Å². The minimum Gasteiger partial charge on any atom is -0.508 e. The van der Waals surface area contributed by atoms with Crippen molar-refractivity contribution in [3.8, 4) is 5.75 Å². The fraction of sp³-hybridized carbons (Fsp3) is 0.600. The fourth-order valence-electron chi connectivity index (χ4n) is 2.63. The lowest BCUT2D eigenvalue weighted by Crippen LogP contribution is -2.45. The summed E-state index contributed by atoms with van der Waals surface area (Å²) in [7, 11) is 0. The maximum Gasteiger partial charge on any atom is 0.115 e. The molecule has 1 aliphatic heterocycles. The Morgan fingerprint density at radius 1 is 1.17 bits per heavy atom. The minimum absolute atomic E-state index is 0.349. The third-order valence-electron chi connectivity index (χ3n) is 3.56. The van der Waals surface area contributed by atoms with Gasteiger partial charge in [-0.05, 0) is 30.0 Å². The van der Waals surface area contributed by atoms with Crippen LogP contribution in [-0.4, -0.2) is 36.2 Å². The molecule has 1 heterocycles. The predicted octanol–water partition coefficient (Wildman–Crippen LogP) is 2.38. The molecular weight excluding hydrogens is 224 g/mol. The molecule has 0 aliphatic carbocycles. The van der Waals surface area contributed by atoms with Crippen LogP contribution in [0.4, 0.5) is 0 Å². The summed E-state index contributed by atoms with van der Waals surface area (Å²) < 4.78 is 0. The maximum absolute atomic E-state index is 9.41. The Morgan fingerprint density at radius 3 is 2.33 bits per heavy atom. The highest BCUT2D eigenvalue weighted by molar-refractivity contribution is 5.28. The molecule has 0 amide bonds. The van der Waals surface area contributed by atoms with Crippen molar-refractivity contribution in [3.63, 3.8) is 0 Å². The standard InChI is InChI=1S/C15H24N2O/c1-12(2)11-15(17-9-7-16-8-10-17)13-3-5-14(18)6-4-13/h3-6,12,15-16,18H,7-11H2,1-2H3/t15-/m1/s1. The third-order valence-corrected chi connectivity index (χ3v) is 3.56. The second-order valence-corrected chi connectivity index (χ2v) is 5.52. The summed E-state index contributed by atoms with van der Waals surface area (Å²) in [6.07, 6.45) is 1.17. The summed E-state index contributed by atoms with van der Waals surface area (Å²) in [6.45, 7) is 8.92. The van der Waals surface area contributed by atoms with Gasteiger partial charge in [-0.25, -0.2) is 0 Å². The highest BCUT2D eigenvalue weighted by Gasteiger charge is 2.22. The normalized spacial score (nSPS) is 19.1. The first-order valence-electron chi connectivity index (χ1n) is 6.90. The van der Waals surface area contributed by atoms with Crippen molar-refractivity contribution >= 4 is 0 Å². The molecule has 0 spiro atoms. The number of phenols is 1. The van der Waals surface area contributed by atoms with Gasteiger partial charge in [0.1, 0.15) is 5.75 Å². The molecule has 0 aromatic heterocycles. The minimum atomic E-state index is 0.349. The number of rotatable bonds is 4. The number of aromatic hydroxyl groups is 1. The second kappa shape index (κ2) is 6.21. The van der Waals surface area contributed by atoms with E-state index in [-0.39, 0.29) is 0 Å². The SMILES string of the molecule is CC(C)C[C@H](c1ccc(O)cc1)N1CCNCC1. The van der Waals surface area contributed by atoms with Crippen molar-refractivity contribution in [2.45, 2.75) is 26.3 Å². The molecule has 3 nitrogen and oxygen atoms in total. The number of piperazine rings is 1. The van der Waals surface area contributed by atoms with Gasteiger partial charge in [0.25, 0.3) is 0 Å². The average molecular weight is 248 g/mol. The van der Waals surface area contributed by atoms with Gasteiger partial charge in [0.05, 0.1) is 0 Å². The van der Waals surface area contributed by atoms with Crippen molar-refractivity contribution in [2.75, 3.05) is 26.2 Å². The Hall–Kier alpha value is -1.06. The Labute approximate surface area is 110 Å². The summed E-state index contributed by atoms with van der Waals surface area (Å²) in [5.74, 6) is 1.03. The highest BCUT2D eigenvalue weighted by Crippen LogP contribution is 2.29. The molecule has 1 fully saturated rings. The van der Waals surface area contributed by atoms with Crippen LogP contribution in [0.1, 0.15) is 31.9 Å². The van der Waals surface area contributed by atoms with Gasteiger partial charge in [0, 0.05) is 32.2 Å². The summed E-state index contributed by atoms with van der Waals surface area (Å²) in [5.41, 5.74) is 1.32. The largest absolute Gasteiger partial charge is 0.508 e. The first kappa shape index (κ1) is 13.4. The van der Waals surface area contributed by atoms with E-state index < -0.39 is 0 Å². The molecule has 100 valence electrons. The van der Waals surface area contributed by atoms with Crippen LogP contribution in [-0.2, 0) is 0 Å². The van der Waals surface area contributed by atoms with Crippen LogP contribution < -0.4 is 5.32 Å². The molecule has 1 aromatic rings. The molecule has 3 heteroatoms. The van der Waals surface area contributed by atoms with E-state index in [1.54, 1.807) is 12.1 Å². The van der Waals surface area contributed by atoms with Gasteiger partial charge in [0.2, 0.25) is 0 Å². The van der Waals surface area contributed by atoms with E-state index in [2.05, 4.69) is 36.2 Å². The molecule has 1 saturated heterocycles. The first-order valence-corrected chi connectivity index (χ1v) is 6.90. The van der Waals surface area contributed by atoms with Crippen molar-refractivity contribution < 1.29 is 5.11 Å². The van der Waals surface area contributed by atoms with Gasteiger partial charge in [-0.1, -0.05) is 26.0 Å². The molecule has 0 saturated carbocycles. The number of phenolic OH excluding ortho intramolecular Hbond substituents is 1. The van der Waals surface area contributed by atoms with Crippen molar-refractivity contribution in [2.24, 2.45) is 5.92 Å². The molecule has 2 N–H and O–H groups in total. The molecule has 18 heavy (non-hydrogen) atoms. The summed E-state index contributed by atoms with van der Waals surface area (Å²) >= 11 is 0. The van der Waals surface area contributed by atoms with E-state index in [1.165, 1.54) is 12.0 Å². The van der Waals surface area contributed by atoms with Crippen LogP contribution in [0.15, 0.2) is 24.3 Å². The van der Waals surface area contributed by atoms with E-state index in [1.807, 2.05) is 0 Å². The third kappa shape index (κ3) is 3.47. The zero-order valence-electron chi connectivity index (χ0n) is 11.4. The zero-order valence-corrected chi connectivity index (χ0v) is 11.4. The van der Waals surface area contributed by atoms with E-state index in [0.29, 0.717) is 17.7 Å². The zero-order chi connectivity index (χ0) is 13.0. The lowest BCUT2D eigenvalue weighted by molar-refractivity contribution is 0.154. The predicted molar refractivity (Wildman–Crippen MR) is 74.7 cm³/mol. The lowest BCUT2D eigenvalue weighted by Gasteiger charge is -2.36. The van der Waals surface area contributed by atoms with Crippen LogP contribution >= 0.6 is 0 Å². The molecule has 2 rings (SSSR count). The average Bonchev–Trinajstić information content (AvgIpc) is 2.38. The number of hydrogen-bond acceptors (Lipinski definition) is 3.